The molecule has 0 aliphatic carbocycles. The summed E-state index contributed by atoms with van der Waals surface area (Å²) in [4.78, 5) is 6.58. The first-order chi connectivity index (χ1) is 11.6. The molecule has 6 nitrogen and oxygen atoms in total. The summed E-state index contributed by atoms with van der Waals surface area (Å²) in [5, 5.41) is 6.60. The molecule has 136 valence electrons. The molecule has 0 amide bonds. The van der Waals surface area contributed by atoms with Crippen LogP contribution in [0.3, 0.4) is 0 Å². The van der Waals surface area contributed by atoms with Crippen LogP contribution >= 0.6 is 0 Å². The summed E-state index contributed by atoms with van der Waals surface area (Å²) >= 11 is 0. The van der Waals surface area contributed by atoms with Crippen LogP contribution in [0, 0.1) is 0 Å². The monoisotopic (exact) mass is 336 g/mol. The Hall–Kier alpha value is -1.95. The Labute approximate surface area is 146 Å². The highest BCUT2D eigenvalue weighted by Crippen LogP contribution is 2.30. The van der Waals surface area contributed by atoms with Crippen molar-refractivity contribution in [3.8, 4) is 11.5 Å². The normalized spacial score (nSPS) is 11.5. The van der Waals surface area contributed by atoms with Crippen molar-refractivity contribution in [3.05, 3.63) is 18.2 Å². The summed E-state index contributed by atoms with van der Waals surface area (Å²) < 4.78 is 10.9. The molecule has 6 heteroatoms. The lowest BCUT2D eigenvalue weighted by atomic mass is 10.2. The highest BCUT2D eigenvalue weighted by atomic mass is 16.5. The van der Waals surface area contributed by atoms with E-state index in [0.29, 0.717) is 12.4 Å². The number of rotatable bonds is 10. The molecule has 0 radical (unpaired) electrons. The van der Waals surface area contributed by atoms with Crippen molar-refractivity contribution < 1.29 is 9.47 Å². The van der Waals surface area contributed by atoms with Gasteiger partial charge in [0.2, 0.25) is 0 Å². The van der Waals surface area contributed by atoms with E-state index in [-0.39, 0.29) is 0 Å². The molecule has 0 bridgehead atoms. The van der Waals surface area contributed by atoms with Gasteiger partial charge in [-0.15, -0.1) is 0 Å². The number of likely N-dealkylation sites (N-methyl/N-ethyl adjacent to an activating group) is 1. The number of benzene rings is 1. The molecule has 0 saturated carbocycles. The molecule has 0 fully saturated rings. The van der Waals surface area contributed by atoms with E-state index in [4.69, 9.17) is 9.47 Å². The smallest absolute Gasteiger partial charge is 0.195 e. The maximum Gasteiger partial charge on any atom is 0.195 e. The molecule has 0 heterocycles. The van der Waals surface area contributed by atoms with Gasteiger partial charge in [0.1, 0.15) is 0 Å². The minimum Gasteiger partial charge on any atom is -0.493 e. The van der Waals surface area contributed by atoms with Gasteiger partial charge in [-0.3, -0.25) is 4.99 Å². The predicted octanol–water partition coefficient (Wildman–Crippen LogP) is 2.81. The predicted molar refractivity (Wildman–Crippen MR) is 102 cm³/mol. The number of methoxy groups -OCH3 is 1. The van der Waals surface area contributed by atoms with Crippen molar-refractivity contribution in [3.63, 3.8) is 0 Å². The molecule has 0 saturated heterocycles. The van der Waals surface area contributed by atoms with E-state index in [9.17, 15) is 0 Å². The van der Waals surface area contributed by atoms with E-state index in [1.807, 2.05) is 25.1 Å². The van der Waals surface area contributed by atoms with Crippen LogP contribution in [0.1, 0.15) is 26.7 Å². The highest BCUT2D eigenvalue weighted by Gasteiger charge is 2.07. The molecule has 0 aliphatic rings. The summed E-state index contributed by atoms with van der Waals surface area (Å²) in [5.41, 5.74) is 0.905. The Morgan fingerprint density at radius 2 is 2.00 bits per heavy atom. The first kappa shape index (κ1) is 20.1. The van der Waals surface area contributed by atoms with Crippen molar-refractivity contribution in [1.82, 2.24) is 10.2 Å². The highest BCUT2D eigenvalue weighted by molar-refractivity contribution is 5.93. The third-order valence-electron chi connectivity index (χ3n) is 3.63. The van der Waals surface area contributed by atoms with Gasteiger partial charge in [-0.1, -0.05) is 13.3 Å². The van der Waals surface area contributed by atoms with Crippen LogP contribution in [0.4, 0.5) is 5.69 Å². The summed E-state index contributed by atoms with van der Waals surface area (Å²) in [6.45, 7) is 7.72. The number of nitrogens with zero attached hydrogens (tertiary/aromatic N) is 2. The number of aliphatic imine (C=N–C) groups is 1. The molecule has 1 aromatic carbocycles. The van der Waals surface area contributed by atoms with Crippen LogP contribution in [-0.2, 0) is 0 Å². The van der Waals surface area contributed by atoms with Gasteiger partial charge in [-0.25, -0.2) is 0 Å². The Bertz CT molecular complexity index is 506. The first-order valence-corrected chi connectivity index (χ1v) is 8.61. The summed E-state index contributed by atoms with van der Waals surface area (Å²) in [7, 11) is 5.55. The lowest BCUT2D eigenvalue weighted by Gasteiger charge is -2.18. The molecule has 0 aliphatic heterocycles. The zero-order valence-corrected chi connectivity index (χ0v) is 15.7. The van der Waals surface area contributed by atoms with Crippen molar-refractivity contribution in [2.75, 3.05) is 52.8 Å². The molecule has 0 aromatic heterocycles. The van der Waals surface area contributed by atoms with Gasteiger partial charge in [0.25, 0.3) is 0 Å². The summed E-state index contributed by atoms with van der Waals surface area (Å²) in [6.07, 6.45) is 2.45. The van der Waals surface area contributed by atoms with Crippen LogP contribution < -0.4 is 20.1 Å². The van der Waals surface area contributed by atoms with E-state index >= 15 is 0 Å². The van der Waals surface area contributed by atoms with E-state index in [1.54, 1.807) is 14.2 Å². The van der Waals surface area contributed by atoms with Gasteiger partial charge in [-0.05, 0) is 39.1 Å². The number of unbranched alkanes of at least 4 members (excludes halogenated alkanes) is 1. The molecular formula is C18H32N4O2. The van der Waals surface area contributed by atoms with Crippen LogP contribution in [0.5, 0.6) is 11.5 Å². The fourth-order valence-electron chi connectivity index (χ4n) is 2.24. The molecule has 0 spiro atoms. The van der Waals surface area contributed by atoms with Crippen LogP contribution in [0.15, 0.2) is 23.2 Å². The van der Waals surface area contributed by atoms with Gasteiger partial charge >= 0.3 is 0 Å². The third-order valence-corrected chi connectivity index (χ3v) is 3.63. The second kappa shape index (κ2) is 11.6. The second-order valence-electron chi connectivity index (χ2n) is 5.58. The molecule has 0 unspecified atom stereocenters. The Morgan fingerprint density at radius 3 is 2.62 bits per heavy atom. The van der Waals surface area contributed by atoms with Crippen molar-refractivity contribution in [2.24, 2.45) is 4.99 Å². The number of anilines is 1. The number of hydrogen-bond donors (Lipinski definition) is 2. The van der Waals surface area contributed by atoms with Crippen molar-refractivity contribution in [2.45, 2.75) is 26.7 Å². The minimum atomic E-state index is 0.609. The Kier molecular flexibility index (Phi) is 9.68. The Balaban J connectivity index is 2.53. The largest absolute Gasteiger partial charge is 0.493 e. The molecule has 24 heavy (non-hydrogen) atoms. The first-order valence-electron chi connectivity index (χ1n) is 8.61. The molecule has 2 N–H and O–H groups in total. The lowest BCUT2D eigenvalue weighted by molar-refractivity contribution is 0.311. The van der Waals surface area contributed by atoms with Gasteiger partial charge in [0.15, 0.2) is 17.5 Å². The van der Waals surface area contributed by atoms with Gasteiger partial charge in [0, 0.05) is 31.9 Å². The van der Waals surface area contributed by atoms with E-state index < -0.39 is 0 Å². The maximum atomic E-state index is 5.53. The molecule has 1 aromatic rings. The topological polar surface area (TPSA) is 58.1 Å². The average molecular weight is 336 g/mol. The molecule has 0 atom stereocenters. The van der Waals surface area contributed by atoms with Crippen molar-refractivity contribution >= 4 is 11.6 Å². The molecule has 1 rings (SSSR count). The van der Waals surface area contributed by atoms with Gasteiger partial charge in [-0.2, -0.15) is 0 Å². The fraction of sp³-hybridized carbons (Fsp3) is 0.611. The van der Waals surface area contributed by atoms with Crippen LogP contribution in [0.2, 0.25) is 0 Å². The average Bonchev–Trinajstić information content (AvgIpc) is 2.60. The number of guanidine groups is 1. The van der Waals surface area contributed by atoms with Crippen LogP contribution in [-0.4, -0.2) is 58.3 Å². The number of hydrogen-bond acceptors (Lipinski definition) is 4. The quantitative estimate of drug-likeness (QED) is 0.508. The summed E-state index contributed by atoms with van der Waals surface area (Å²) in [6, 6.07) is 5.76. The number of nitrogens with one attached hydrogen (secondary N) is 2. The van der Waals surface area contributed by atoms with Crippen molar-refractivity contribution in [1.29, 1.82) is 0 Å². The Morgan fingerprint density at radius 1 is 1.21 bits per heavy atom. The van der Waals surface area contributed by atoms with Gasteiger partial charge < -0.3 is 25.0 Å². The van der Waals surface area contributed by atoms with Gasteiger partial charge in [0.05, 0.1) is 13.7 Å². The molecular weight excluding hydrogens is 304 g/mol. The maximum absolute atomic E-state index is 5.53. The minimum absolute atomic E-state index is 0.609. The fourth-order valence-corrected chi connectivity index (χ4v) is 2.24. The van der Waals surface area contributed by atoms with E-state index in [1.165, 1.54) is 12.8 Å². The lowest BCUT2D eigenvalue weighted by Crippen LogP contribution is -2.37. The zero-order valence-electron chi connectivity index (χ0n) is 15.7. The second-order valence-corrected chi connectivity index (χ2v) is 5.58. The standard InChI is InChI=1S/C18H32N4O2/c1-6-8-12-22(4)13-11-20-18(19-3)21-15-9-10-16(24-7-2)17(14-15)23-5/h9-10,14H,6-8,11-13H2,1-5H3,(H2,19,20,21). The third kappa shape index (κ3) is 7.08. The zero-order chi connectivity index (χ0) is 17.8. The SMILES string of the molecule is CCCCN(C)CCNC(=NC)Nc1ccc(OCC)c(OC)c1. The van der Waals surface area contributed by atoms with E-state index in [0.717, 1.165) is 37.0 Å². The van der Waals surface area contributed by atoms with Crippen LogP contribution in [0.25, 0.3) is 0 Å². The number of ether oxygens (including phenoxy) is 2. The summed E-state index contributed by atoms with van der Waals surface area (Å²) in [5.74, 6) is 2.19. The van der Waals surface area contributed by atoms with E-state index in [2.05, 4.69) is 34.5 Å².